The van der Waals surface area contributed by atoms with Crippen LogP contribution in [0.4, 0.5) is 11.4 Å². The lowest BCUT2D eigenvalue weighted by molar-refractivity contribution is 0.548. The Balaban J connectivity index is 1.36. The molecule has 4 heterocycles. The summed E-state index contributed by atoms with van der Waals surface area (Å²) in [7, 11) is 0. The molecule has 5 heteroatoms. The standard InChI is InChI=1S/C25H24N4O/c1-19-4-9-24(30-19)20-5-7-21(8-6-20)25-23(3-2-12-27-25)29-17-15-28(16-18-29)22-10-13-26-14-11-22/h2-14H,15-18H2,1H3. The predicted octanol–water partition coefficient (Wildman–Crippen LogP) is 5.04. The number of hydrogen-bond donors (Lipinski definition) is 0. The van der Waals surface area contributed by atoms with Crippen molar-refractivity contribution in [2.75, 3.05) is 36.0 Å². The topological polar surface area (TPSA) is 45.4 Å². The first-order valence-electron chi connectivity index (χ1n) is 10.3. The average Bonchev–Trinajstić information content (AvgIpc) is 3.26. The van der Waals surface area contributed by atoms with Crippen molar-refractivity contribution >= 4 is 11.4 Å². The van der Waals surface area contributed by atoms with E-state index in [4.69, 9.17) is 9.40 Å². The second kappa shape index (κ2) is 8.03. The number of furan rings is 1. The Kier molecular flexibility index (Phi) is 4.93. The van der Waals surface area contributed by atoms with Gasteiger partial charge in [0.05, 0.1) is 11.4 Å². The molecule has 0 saturated carbocycles. The van der Waals surface area contributed by atoms with Gasteiger partial charge in [-0.15, -0.1) is 0 Å². The molecule has 5 rings (SSSR count). The summed E-state index contributed by atoms with van der Waals surface area (Å²) in [5.41, 5.74) is 5.65. The summed E-state index contributed by atoms with van der Waals surface area (Å²) in [6.45, 7) is 5.85. The lowest BCUT2D eigenvalue weighted by Gasteiger charge is -2.37. The van der Waals surface area contributed by atoms with Gasteiger partial charge in [0.1, 0.15) is 11.5 Å². The molecule has 0 spiro atoms. The molecule has 150 valence electrons. The van der Waals surface area contributed by atoms with Crippen molar-refractivity contribution in [2.24, 2.45) is 0 Å². The molecule has 5 nitrogen and oxygen atoms in total. The summed E-state index contributed by atoms with van der Waals surface area (Å²) in [5.74, 6) is 1.82. The number of aromatic nitrogens is 2. The highest BCUT2D eigenvalue weighted by molar-refractivity contribution is 5.77. The number of piperazine rings is 1. The highest BCUT2D eigenvalue weighted by Gasteiger charge is 2.20. The van der Waals surface area contributed by atoms with Gasteiger partial charge in [-0.3, -0.25) is 9.97 Å². The zero-order valence-electron chi connectivity index (χ0n) is 17.0. The highest BCUT2D eigenvalue weighted by Crippen LogP contribution is 2.32. The molecule has 4 aromatic rings. The van der Waals surface area contributed by atoms with Crippen molar-refractivity contribution in [3.63, 3.8) is 0 Å². The monoisotopic (exact) mass is 396 g/mol. The third-order valence-corrected chi connectivity index (χ3v) is 5.62. The number of pyridine rings is 2. The summed E-state index contributed by atoms with van der Waals surface area (Å²) >= 11 is 0. The van der Waals surface area contributed by atoms with E-state index in [9.17, 15) is 0 Å². The van der Waals surface area contributed by atoms with Crippen molar-refractivity contribution in [1.82, 2.24) is 9.97 Å². The van der Waals surface area contributed by atoms with E-state index in [0.29, 0.717) is 0 Å². The predicted molar refractivity (Wildman–Crippen MR) is 121 cm³/mol. The van der Waals surface area contributed by atoms with Crippen LogP contribution in [0.5, 0.6) is 0 Å². The quantitative estimate of drug-likeness (QED) is 0.484. The van der Waals surface area contributed by atoms with E-state index in [2.05, 4.69) is 57.2 Å². The lowest BCUT2D eigenvalue weighted by atomic mass is 10.0. The van der Waals surface area contributed by atoms with Gasteiger partial charge in [0.15, 0.2) is 0 Å². The van der Waals surface area contributed by atoms with Gasteiger partial charge in [-0.05, 0) is 43.3 Å². The fourth-order valence-corrected chi connectivity index (χ4v) is 4.02. The fraction of sp³-hybridized carbons (Fsp3) is 0.200. The zero-order valence-corrected chi connectivity index (χ0v) is 17.0. The Labute approximate surface area is 176 Å². The molecule has 0 N–H and O–H groups in total. The molecule has 1 aliphatic rings. The lowest BCUT2D eigenvalue weighted by Crippen LogP contribution is -2.46. The van der Waals surface area contributed by atoms with Gasteiger partial charge in [-0.1, -0.05) is 24.3 Å². The normalized spacial score (nSPS) is 14.2. The van der Waals surface area contributed by atoms with Gasteiger partial charge in [0.25, 0.3) is 0 Å². The number of aryl methyl sites for hydroxylation is 1. The van der Waals surface area contributed by atoms with Crippen LogP contribution in [0, 0.1) is 6.92 Å². The van der Waals surface area contributed by atoms with Gasteiger partial charge >= 0.3 is 0 Å². The molecule has 1 aliphatic heterocycles. The number of nitrogens with zero attached hydrogens (tertiary/aromatic N) is 4. The third kappa shape index (κ3) is 3.66. The Bertz CT molecular complexity index is 1110. The Morgan fingerprint density at radius 2 is 1.43 bits per heavy atom. The number of rotatable bonds is 4. The minimum absolute atomic E-state index is 0.896. The van der Waals surface area contributed by atoms with Crippen LogP contribution in [-0.2, 0) is 0 Å². The van der Waals surface area contributed by atoms with E-state index in [1.165, 1.54) is 11.4 Å². The molecule has 1 saturated heterocycles. The zero-order chi connectivity index (χ0) is 20.3. The van der Waals surface area contributed by atoms with Crippen molar-refractivity contribution in [3.8, 4) is 22.6 Å². The summed E-state index contributed by atoms with van der Waals surface area (Å²) in [4.78, 5) is 13.7. The van der Waals surface area contributed by atoms with E-state index in [0.717, 1.165) is 54.5 Å². The van der Waals surface area contributed by atoms with Gasteiger partial charge in [0.2, 0.25) is 0 Å². The van der Waals surface area contributed by atoms with Gasteiger partial charge < -0.3 is 14.2 Å². The molecule has 1 aromatic carbocycles. The van der Waals surface area contributed by atoms with Crippen LogP contribution >= 0.6 is 0 Å². The largest absolute Gasteiger partial charge is 0.461 e. The van der Waals surface area contributed by atoms with Gasteiger partial charge in [-0.25, -0.2) is 0 Å². The second-order valence-electron chi connectivity index (χ2n) is 7.54. The summed E-state index contributed by atoms with van der Waals surface area (Å²) < 4.78 is 5.75. The maximum absolute atomic E-state index is 5.75. The Morgan fingerprint density at radius 3 is 2.13 bits per heavy atom. The van der Waals surface area contributed by atoms with E-state index >= 15 is 0 Å². The van der Waals surface area contributed by atoms with Crippen molar-refractivity contribution in [3.05, 3.63) is 85.0 Å². The van der Waals surface area contributed by atoms with Crippen LogP contribution in [0.1, 0.15) is 5.76 Å². The van der Waals surface area contributed by atoms with Gasteiger partial charge in [-0.2, -0.15) is 0 Å². The molecule has 0 unspecified atom stereocenters. The SMILES string of the molecule is Cc1ccc(-c2ccc(-c3ncccc3N3CCN(c4ccncc4)CC3)cc2)o1. The molecular weight excluding hydrogens is 372 g/mol. The van der Waals surface area contributed by atoms with E-state index in [1.54, 1.807) is 0 Å². The number of anilines is 2. The molecule has 0 amide bonds. The minimum atomic E-state index is 0.896. The third-order valence-electron chi connectivity index (χ3n) is 5.62. The highest BCUT2D eigenvalue weighted by atomic mass is 16.3. The smallest absolute Gasteiger partial charge is 0.134 e. The molecule has 30 heavy (non-hydrogen) atoms. The molecule has 0 radical (unpaired) electrons. The molecule has 0 atom stereocenters. The first kappa shape index (κ1) is 18.4. The van der Waals surface area contributed by atoms with Crippen molar-refractivity contribution in [2.45, 2.75) is 6.92 Å². The molecule has 3 aromatic heterocycles. The van der Waals surface area contributed by atoms with E-state index in [-0.39, 0.29) is 0 Å². The van der Waals surface area contributed by atoms with Crippen molar-refractivity contribution in [1.29, 1.82) is 0 Å². The Morgan fingerprint density at radius 1 is 0.733 bits per heavy atom. The first-order chi connectivity index (χ1) is 14.8. The van der Waals surface area contributed by atoms with Crippen LogP contribution in [0.15, 0.2) is 83.7 Å². The van der Waals surface area contributed by atoms with E-state index in [1.807, 2.05) is 43.7 Å². The van der Waals surface area contributed by atoms with Crippen LogP contribution in [0.3, 0.4) is 0 Å². The Hall–Kier alpha value is -3.60. The summed E-state index contributed by atoms with van der Waals surface area (Å²) in [6.07, 6.45) is 5.58. The van der Waals surface area contributed by atoms with Crippen LogP contribution in [0.2, 0.25) is 0 Å². The van der Waals surface area contributed by atoms with Crippen molar-refractivity contribution < 1.29 is 4.42 Å². The molecule has 0 bridgehead atoms. The average molecular weight is 396 g/mol. The number of benzene rings is 1. The summed E-state index contributed by atoms with van der Waals surface area (Å²) in [6, 6.07) is 20.8. The maximum atomic E-state index is 5.75. The number of hydrogen-bond acceptors (Lipinski definition) is 5. The molecule has 0 aliphatic carbocycles. The van der Waals surface area contributed by atoms with Crippen LogP contribution in [0.25, 0.3) is 22.6 Å². The molecular formula is C25H24N4O. The second-order valence-corrected chi connectivity index (χ2v) is 7.54. The van der Waals surface area contributed by atoms with Crippen LogP contribution in [-0.4, -0.2) is 36.1 Å². The fourth-order valence-electron chi connectivity index (χ4n) is 4.02. The van der Waals surface area contributed by atoms with E-state index < -0.39 is 0 Å². The maximum Gasteiger partial charge on any atom is 0.134 e. The molecule has 1 fully saturated rings. The summed E-state index contributed by atoms with van der Waals surface area (Å²) in [5, 5.41) is 0. The van der Waals surface area contributed by atoms with Crippen LogP contribution < -0.4 is 9.80 Å². The first-order valence-corrected chi connectivity index (χ1v) is 10.3. The van der Waals surface area contributed by atoms with Gasteiger partial charge in [0, 0.05) is 61.6 Å². The minimum Gasteiger partial charge on any atom is -0.461 e.